The van der Waals surface area contributed by atoms with E-state index in [2.05, 4.69) is 34.2 Å². The number of aryl methyl sites for hydroxylation is 1. The first-order valence-electron chi connectivity index (χ1n) is 5.89. The first-order chi connectivity index (χ1) is 9.28. The molecule has 98 valence electrons. The molecule has 0 aliphatic carbocycles. The van der Waals surface area contributed by atoms with E-state index >= 15 is 0 Å². The van der Waals surface area contributed by atoms with Gasteiger partial charge in [-0.25, -0.2) is 0 Å². The minimum absolute atomic E-state index is 0.110. The molecule has 1 aromatic carbocycles. The molecular weight excluding hydrogens is 276 g/mol. The third-order valence-electron chi connectivity index (χ3n) is 2.27. The monoisotopic (exact) mass is 290 g/mol. The predicted molar refractivity (Wildman–Crippen MR) is 79.2 cm³/mol. The lowest BCUT2D eigenvalue weighted by atomic mass is 10.1. The number of rotatable bonds is 4. The molecule has 0 aliphatic rings. The average Bonchev–Trinajstić information content (AvgIpc) is 2.83. The zero-order chi connectivity index (χ0) is 13.5. The summed E-state index contributed by atoms with van der Waals surface area (Å²) < 4.78 is 0.995. The van der Waals surface area contributed by atoms with E-state index < -0.39 is 0 Å². The summed E-state index contributed by atoms with van der Waals surface area (Å²) in [6.45, 7) is 2.07. The topological polar surface area (TPSA) is 46.0 Å². The Morgan fingerprint density at radius 2 is 2.26 bits per heavy atom. The van der Waals surface area contributed by atoms with Gasteiger partial charge in [0.2, 0.25) is 0 Å². The van der Waals surface area contributed by atoms with Crippen molar-refractivity contribution in [2.75, 3.05) is 6.61 Å². The summed E-state index contributed by atoms with van der Waals surface area (Å²) in [7, 11) is 0. The maximum Gasteiger partial charge on any atom is 0.174 e. The molecule has 0 bridgehead atoms. The summed E-state index contributed by atoms with van der Waals surface area (Å²) in [5.74, 6) is 6.84. The molecule has 0 saturated heterocycles. The molecule has 5 heteroatoms. The molecular formula is C14H14N2OS2. The molecule has 1 heterocycles. The highest BCUT2D eigenvalue weighted by Crippen LogP contribution is 2.25. The van der Waals surface area contributed by atoms with Crippen molar-refractivity contribution in [3.8, 4) is 11.8 Å². The zero-order valence-electron chi connectivity index (χ0n) is 10.6. The van der Waals surface area contributed by atoms with Gasteiger partial charge in [-0.05, 0) is 24.6 Å². The van der Waals surface area contributed by atoms with Crippen molar-refractivity contribution in [2.24, 2.45) is 0 Å². The van der Waals surface area contributed by atoms with Crippen LogP contribution in [0.15, 0.2) is 28.6 Å². The second kappa shape index (κ2) is 7.29. The smallest absolute Gasteiger partial charge is 0.174 e. The summed E-state index contributed by atoms with van der Waals surface area (Å²) in [5, 5.41) is 17.8. The van der Waals surface area contributed by atoms with Gasteiger partial charge in [0.1, 0.15) is 5.01 Å². The van der Waals surface area contributed by atoms with Gasteiger partial charge in [-0.15, -0.1) is 10.2 Å². The Morgan fingerprint density at radius 1 is 1.37 bits per heavy atom. The van der Waals surface area contributed by atoms with E-state index in [-0.39, 0.29) is 6.61 Å². The van der Waals surface area contributed by atoms with Gasteiger partial charge in [0.15, 0.2) is 4.34 Å². The molecule has 3 nitrogen and oxygen atoms in total. The van der Waals surface area contributed by atoms with Crippen LogP contribution >= 0.6 is 23.1 Å². The minimum Gasteiger partial charge on any atom is -0.395 e. The lowest BCUT2D eigenvalue weighted by Crippen LogP contribution is -1.83. The molecule has 0 aliphatic heterocycles. The molecule has 2 aromatic rings. The van der Waals surface area contributed by atoms with Crippen molar-refractivity contribution in [2.45, 2.75) is 23.4 Å². The van der Waals surface area contributed by atoms with Crippen molar-refractivity contribution >= 4 is 23.1 Å². The summed E-state index contributed by atoms with van der Waals surface area (Å²) in [6, 6.07) is 8.14. The van der Waals surface area contributed by atoms with E-state index in [0.717, 1.165) is 20.7 Å². The Balaban J connectivity index is 1.97. The Morgan fingerprint density at radius 3 is 3.00 bits per heavy atom. The zero-order valence-corrected chi connectivity index (χ0v) is 12.2. The van der Waals surface area contributed by atoms with Crippen molar-refractivity contribution in [1.82, 2.24) is 10.2 Å². The van der Waals surface area contributed by atoms with E-state index in [9.17, 15) is 0 Å². The van der Waals surface area contributed by atoms with Gasteiger partial charge < -0.3 is 5.11 Å². The number of hydrogen-bond donors (Lipinski definition) is 1. The second-order valence-corrected chi connectivity index (χ2v) is 6.26. The van der Waals surface area contributed by atoms with Crippen molar-refractivity contribution in [1.29, 1.82) is 0 Å². The second-order valence-electron chi connectivity index (χ2n) is 3.85. The molecule has 0 unspecified atom stereocenters. The van der Waals surface area contributed by atoms with Gasteiger partial charge in [0, 0.05) is 17.7 Å². The van der Waals surface area contributed by atoms with E-state index in [1.54, 1.807) is 23.1 Å². The maximum atomic E-state index is 8.69. The molecule has 1 aromatic heterocycles. The fraction of sp³-hybridized carbons (Fsp3) is 0.286. The van der Waals surface area contributed by atoms with Crippen molar-refractivity contribution in [3.05, 3.63) is 40.4 Å². The summed E-state index contributed by atoms with van der Waals surface area (Å²) in [5.41, 5.74) is 2.20. The Labute approximate surface area is 121 Å². The highest BCUT2D eigenvalue weighted by atomic mass is 32.2. The number of thioether (sulfide) groups is 1. The number of hydrogen-bond acceptors (Lipinski definition) is 5. The van der Waals surface area contributed by atoms with Crippen LogP contribution in [0.1, 0.15) is 22.6 Å². The fourth-order valence-electron chi connectivity index (χ4n) is 1.44. The largest absolute Gasteiger partial charge is 0.395 e. The first-order valence-corrected chi connectivity index (χ1v) is 7.70. The molecule has 0 radical (unpaired) electrons. The Hall–Kier alpha value is -1.35. The number of aromatic nitrogens is 2. The lowest BCUT2D eigenvalue weighted by molar-refractivity contribution is 0.305. The first kappa shape index (κ1) is 14.1. The average molecular weight is 290 g/mol. The van der Waals surface area contributed by atoms with Crippen LogP contribution in [0, 0.1) is 18.8 Å². The van der Waals surface area contributed by atoms with Gasteiger partial charge in [-0.2, -0.15) is 0 Å². The van der Waals surface area contributed by atoms with E-state index in [0.29, 0.717) is 6.42 Å². The molecule has 0 fully saturated rings. The summed E-state index contributed by atoms with van der Waals surface area (Å²) in [4.78, 5) is 0. The number of nitrogens with zero attached hydrogens (tertiary/aromatic N) is 2. The third kappa shape index (κ3) is 4.67. The molecule has 0 spiro atoms. The number of aliphatic hydroxyl groups excluding tert-OH is 1. The molecule has 19 heavy (non-hydrogen) atoms. The standard InChI is InChI=1S/C14H14N2OS2/c1-11-15-16-14(19-11)18-10-13-7-4-6-12(9-13)5-2-3-8-17/h4,6-7,9,17H,3,8,10H2,1H3. The van der Waals surface area contributed by atoms with Gasteiger partial charge in [-0.1, -0.05) is 47.1 Å². The van der Waals surface area contributed by atoms with Crippen LogP contribution in [-0.4, -0.2) is 21.9 Å². The predicted octanol–water partition coefficient (Wildman–Crippen LogP) is 2.87. The van der Waals surface area contributed by atoms with Crippen LogP contribution in [0.4, 0.5) is 0 Å². The van der Waals surface area contributed by atoms with Crippen LogP contribution < -0.4 is 0 Å². The highest BCUT2D eigenvalue weighted by Gasteiger charge is 2.02. The third-order valence-corrected chi connectivity index (χ3v) is 4.31. The SMILES string of the molecule is Cc1nnc(SCc2cccc(C#CCCO)c2)s1. The molecule has 0 atom stereocenters. The van der Waals surface area contributed by atoms with E-state index in [1.165, 1.54) is 5.56 Å². The molecule has 0 amide bonds. The minimum atomic E-state index is 0.110. The van der Waals surface area contributed by atoms with Crippen LogP contribution in [0.5, 0.6) is 0 Å². The number of aliphatic hydroxyl groups is 1. The normalized spacial score (nSPS) is 10.0. The van der Waals surface area contributed by atoms with Crippen LogP contribution in [-0.2, 0) is 5.75 Å². The number of benzene rings is 1. The Bertz CT molecular complexity index is 599. The summed E-state index contributed by atoms with van der Waals surface area (Å²) in [6.07, 6.45) is 0.517. The van der Waals surface area contributed by atoms with Gasteiger partial charge >= 0.3 is 0 Å². The van der Waals surface area contributed by atoms with Crippen molar-refractivity contribution < 1.29 is 5.11 Å². The highest BCUT2D eigenvalue weighted by molar-refractivity contribution is 8.00. The summed E-state index contributed by atoms with van der Waals surface area (Å²) >= 11 is 3.30. The van der Waals surface area contributed by atoms with Crippen LogP contribution in [0.2, 0.25) is 0 Å². The van der Waals surface area contributed by atoms with E-state index in [1.807, 2.05) is 19.1 Å². The van der Waals surface area contributed by atoms with Gasteiger partial charge in [-0.3, -0.25) is 0 Å². The van der Waals surface area contributed by atoms with Crippen LogP contribution in [0.25, 0.3) is 0 Å². The molecule has 2 rings (SSSR count). The maximum absolute atomic E-state index is 8.69. The quantitative estimate of drug-likeness (QED) is 0.695. The lowest BCUT2D eigenvalue weighted by Gasteiger charge is -1.99. The van der Waals surface area contributed by atoms with E-state index in [4.69, 9.17) is 5.11 Å². The molecule has 0 saturated carbocycles. The fourth-order valence-corrected chi connectivity index (χ4v) is 3.20. The van der Waals surface area contributed by atoms with Gasteiger partial charge in [0.05, 0.1) is 6.61 Å². The van der Waals surface area contributed by atoms with Crippen LogP contribution in [0.3, 0.4) is 0 Å². The van der Waals surface area contributed by atoms with Gasteiger partial charge in [0.25, 0.3) is 0 Å². The molecule has 1 N–H and O–H groups in total. The van der Waals surface area contributed by atoms with Crippen molar-refractivity contribution in [3.63, 3.8) is 0 Å². The Kier molecular flexibility index (Phi) is 5.40.